The number of carbonyl (C=O) groups is 3. The summed E-state index contributed by atoms with van der Waals surface area (Å²) < 4.78 is 7.12. The number of carbonyl (C=O) groups excluding carboxylic acids is 3. The fraction of sp³-hybridized carbons (Fsp3) is 0.250. The lowest BCUT2D eigenvalue weighted by Crippen LogP contribution is -2.36. The molecular formula is C40H37Cl3N4O4. The Labute approximate surface area is 312 Å². The molecule has 11 heteroatoms. The van der Waals surface area contributed by atoms with E-state index in [1.165, 1.54) is 10.2 Å². The number of nitrogens with zero attached hydrogens (tertiary/aromatic N) is 4. The molecule has 5 aromatic rings. The maximum absolute atomic E-state index is 14.4. The van der Waals surface area contributed by atoms with Gasteiger partial charge in [0.15, 0.2) is 5.69 Å². The van der Waals surface area contributed by atoms with Crippen LogP contribution in [0.15, 0.2) is 91.0 Å². The monoisotopic (exact) mass is 742 g/mol. The molecule has 1 aromatic heterocycles. The van der Waals surface area contributed by atoms with E-state index < -0.39 is 5.97 Å². The van der Waals surface area contributed by atoms with E-state index in [0.717, 1.165) is 29.5 Å². The maximum Gasteiger partial charge on any atom is 0.338 e. The first kappa shape index (κ1) is 36.2. The fourth-order valence-electron chi connectivity index (χ4n) is 6.13. The van der Waals surface area contributed by atoms with Gasteiger partial charge in [0.1, 0.15) is 6.61 Å². The summed E-state index contributed by atoms with van der Waals surface area (Å²) in [6.45, 7) is 5.55. The van der Waals surface area contributed by atoms with Crippen molar-refractivity contribution in [1.82, 2.24) is 19.6 Å². The minimum Gasteiger partial charge on any atom is -0.457 e. The van der Waals surface area contributed by atoms with Gasteiger partial charge in [0.25, 0.3) is 11.8 Å². The molecule has 51 heavy (non-hydrogen) atoms. The van der Waals surface area contributed by atoms with Gasteiger partial charge in [0.05, 0.1) is 37.6 Å². The SMILES string of the molecule is CCCCN(Cc1ccc(Cl)c(Cl)c1)C(=O)c1nn(-c2ccc(C(=O)OCc3ccccc3)cc2C(=O)N2CCc3ccccc3C2)c(C)c1Cl. The van der Waals surface area contributed by atoms with Gasteiger partial charge in [0, 0.05) is 26.2 Å². The zero-order chi connectivity index (χ0) is 36.1. The van der Waals surface area contributed by atoms with Gasteiger partial charge in [-0.2, -0.15) is 5.10 Å². The number of fused-ring (bicyclic) bond motifs is 1. The van der Waals surface area contributed by atoms with Crippen LogP contribution in [0.25, 0.3) is 5.69 Å². The zero-order valence-corrected chi connectivity index (χ0v) is 30.6. The van der Waals surface area contributed by atoms with Crippen LogP contribution >= 0.6 is 34.8 Å². The molecule has 6 rings (SSSR count). The van der Waals surface area contributed by atoms with Crippen molar-refractivity contribution in [3.63, 3.8) is 0 Å². The van der Waals surface area contributed by atoms with Gasteiger partial charge in [-0.1, -0.05) is 109 Å². The smallest absolute Gasteiger partial charge is 0.338 e. The topological polar surface area (TPSA) is 84.7 Å². The van der Waals surface area contributed by atoms with Gasteiger partial charge in [-0.25, -0.2) is 9.48 Å². The molecule has 4 aromatic carbocycles. The molecule has 0 spiro atoms. The molecular weight excluding hydrogens is 707 g/mol. The molecule has 2 heterocycles. The number of aromatic nitrogens is 2. The Kier molecular flexibility index (Phi) is 11.5. The molecule has 0 saturated carbocycles. The molecule has 1 aliphatic rings. The molecule has 2 amide bonds. The van der Waals surface area contributed by atoms with Gasteiger partial charge in [-0.05, 0) is 72.4 Å². The van der Waals surface area contributed by atoms with E-state index in [1.54, 1.807) is 47.1 Å². The molecule has 8 nitrogen and oxygen atoms in total. The summed E-state index contributed by atoms with van der Waals surface area (Å²) in [6.07, 6.45) is 2.34. The molecule has 0 unspecified atom stereocenters. The van der Waals surface area contributed by atoms with E-state index in [9.17, 15) is 14.4 Å². The molecule has 0 bridgehead atoms. The number of amides is 2. The minimum atomic E-state index is -0.566. The van der Waals surface area contributed by atoms with Gasteiger partial charge in [-0.3, -0.25) is 9.59 Å². The molecule has 262 valence electrons. The summed E-state index contributed by atoms with van der Waals surface area (Å²) in [5.41, 5.74) is 5.30. The van der Waals surface area contributed by atoms with Crippen LogP contribution in [0.2, 0.25) is 15.1 Å². The predicted molar refractivity (Wildman–Crippen MR) is 200 cm³/mol. The first-order valence-electron chi connectivity index (χ1n) is 16.8. The highest BCUT2D eigenvalue weighted by molar-refractivity contribution is 6.42. The Morgan fingerprint density at radius 1 is 0.863 bits per heavy atom. The number of rotatable bonds is 11. The van der Waals surface area contributed by atoms with Crippen LogP contribution < -0.4 is 0 Å². The van der Waals surface area contributed by atoms with Crippen molar-refractivity contribution in [3.05, 3.63) is 151 Å². The van der Waals surface area contributed by atoms with Crippen LogP contribution in [0, 0.1) is 6.92 Å². The maximum atomic E-state index is 14.4. The summed E-state index contributed by atoms with van der Waals surface area (Å²) in [7, 11) is 0. The van der Waals surface area contributed by atoms with E-state index >= 15 is 0 Å². The third kappa shape index (κ3) is 8.14. The zero-order valence-electron chi connectivity index (χ0n) is 28.4. The second-order valence-electron chi connectivity index (χ2n) is 12.5. The van der Waals surface area contributed by atoms with E-state index in [-0.39, 0.29) is 46.8 Å². The van der Waals surface area contributed by atoms with Crippen LogP contribution in [-0.2, 0) is 30.9 Å². The van der Waals surface area contributed by atoms with E-state index in [0.29, 0.717) is 47.5 Å². The second-order valence-corrected chi connectivity index (χ2v) is 13.7. The number of esters is 1. The largest absolute Gasteiger partial charge is 0.457 e. The van der Waals surface area contributed by atoms with Gasteiger partial charge >= 0.3 is 5.97 Å². The van der Waals surface area contributed by atoms with Crippen molar-refractivity contribution in [2.75, 3.05) is 13.1 Å². The molecule has 0 aliphatic carbocycles. The Bertz CT molecular complexity index is 2080. The van der Waals surface area contributed by atoms with Crippen molar-refractivity contribution >= 4 is 52.6 Å². The first-order chi connectivity index (χ1) is 24.6. The number of hydrogen-bond acceptors (Lipinski definition) is 5. The molecule has 0 fully saturated rings. The van der Waals surface area contributed by atoms with Crippen LogP contribution in [0.5, 0.6) is 0 Å². The van der Waals surface area contributed by atoms with Crippen molar-refractivity contribution in [1.29, 1.82) is 0 Å². The molecule has 0 radical (unpaired) electrons. The van der Waals surface area contributed by atoms with Gasteiger partial charge in [0.2, 0.25) is 0 Å². The number of hydrogen-bond donors (Lipinski definition) is 0. The average molecular weight is 744 g/mol. The third-order valence-electron chi connectivity index (χ3n) is 8.99. The number of ether oxygens (including phenoxy) is 1. The van der Waals surface area contributed by atoms with E-state index in [4.69, 9.17) is 44.6 Å². The number of halogens is 3. The van der Waals surface area contributed by atoms with Crippen molar-refractivity contribution in [3.8, 4) is 5.69 Å². The lowest BCUT2D eigenvalue weighted by Gasteiger charge is -2.29. The highest BCUT2D eigenvalue weighted by atomic mass is 35.5. The molecule has 1 aliphatic heterocycles. The summed E-state index contributed by atoms with van der Waals surface area (Å²) in [5, 5.41) is 5.72. The van der Waals surface area contributed by atoms with Crippen LogP contribution in [0.3, 0.4) is 0 Å². The average Bonchev–Trinajstić information content (AvgIpc) is 3.45. The van der Waals surface area contributed by atoms with Crippen molar-refractivity contribution < 1.29 is 19.1 Å². The van der Waals surface area contributed by atoms with Crippen LogP contribution in [-0.4, -0.2) is 50.5 Å². The minimum absolute atomic E-state index is 0.0574. The summed E-state index contributed by atoms with van der Waals surface area (Å²) in [6, 6.07) is 27.5. The summed E-state index contributed by atoms with van der Waals surface area (Å²) >= 11 is 19.3. The van der Waals surface area contributed by atoms with E-state index in [1.807, 2.05) is 61.5 Å². The van der Waals surface area contributed by atoms with E-state index in [2.05, 4.69) is 6.07 Å². The Morgan fingerprint density at radius 3 is 2.35 bits per heavy atom. The quantitative estimate of drug-likeness (QED) is 0.126. The molecule has 0 atom stereocenters. The number of unbranched alkanes of at least 4 members (excludes halogenated alkanes) is 1. The van der Waals surface area contributed by atoms with Gasteiger partial charge < -0.3 is 14.5 Å². The molecule has 0 saturated heterocycles. The second kappa shape index (κ2) is 16.1. The van der Waals surface area contributed by atoms with Gasteiger partial charge in [-0.15, -0.1) is 0 Å². The Balaban J connectivity index is 1.35. The normalized spacial score (nSPS) is 12.4. The fourth-order valence-corrected chi connectivity index (χ4v) is 6.65. The third-order valence-corrected chi connectivity index (χ3v) is 10.2. The van der Waals surface area contributed by atoms with Crippen LogP contribution in [0.1, 0.15) is 78.9 Å². The summed E-state index contributed by atoms with van der Waals surface area (Å²) in [4.78, 5) is 45.2. The van der Waals surface area contributed by atoms with Crippen molar-refractivity contribution in [2.24, 2.45) is 0 Å². The number of benzene rings is 4. The Morgan fingerprint density at radius 2 is 1.61 bits per heavy atom. The first-order valence-corrected chi connectivity index (χ1v) is 18.0. The summed E-state index contributed by atoms with van der Waals surface area (Å²) in [5.74, 6) is -1.20. The lowest BCUT2D eigenvalue weighted by atomic mass is 9.98. The predicted octanol–water partition coefficient (Wildman–Crippen LogP) is 9.14. The Hall–Kier alpha value is -4.63. The lowest BCUT2D eigenvalue weighted by molar-refractivity contribution is 0.0472. The van der Waals surface area contributed by atoms with Crippen molar-refractivity contribution in [2.45, 2.75) is 52.8 Å². The highest BCUT2D eigenvalue weighted by Crippen LogP contribution is 2.30. The highest BCUT2D eigenvalue weighted by Gasteiger charge is 2.29. The molecule has 0 N–H and O–H groups in total. The standard InChI is InChI=1S/C40H37Cl3N4O4/c1-3-4-19-45(23-28-14-16-33(41)34(42)21-28)39(49)37-36(43)26(2)47(44-37)35-17-15-30(40(50)51-25-27-10-6-5-7-11-27)22-32(35)38(48)46-20-18-29-12-8-9-13-31(29)24-46/h5-17,21-22H,3-4,18-20,23-25H2,1-2H3. The van der Waals surface area contributed by atoms with Crippen LogP contribution in [0.4, 0.5) is 0 Å².